The van der Waals surface area contributed by atoms with Gasteiger partial charge in [0.25, 0.3) is 0 Å². The van der Waals surface area contributed by atoms with Gasteiger partial charge < -0.3 is 14.2 Å². The van der Waals surface area contributed by atoms with Crippen LogP contribution in [-0.2, 0) is 28.6 Å². The predicted molar refractivity (Wildman–Crippen MR) is 292 cm³/mol. The summed E-state index contributed by atoms with van der Waals surface area (Å²) in [6, 6.07) is 0. The lowest BCUT2D eigenvalue weighted by molar-refractivity contribution is -0.166. The summed E-state index contributed by atoms with van der Waals surface area (Å²) >= 11 is 0. The van der Waals surface area contributed by atoms with Gasteiger partial charge in [0, 0.05) is 19.3 Å². The molecule has 0 aliphatic heterocycles. The molecule has 382 valence electrons. The zero-order valence-corrected chi connectivity index (χ0v) is 43.6. The molecule has 0 N–H and O–H groups in total. The lowest BCUT2D eigenvalue weighted by Gasteiger charge is -2.18. The molecular weight excluding hydrogens is 841 g/mol. The second kappa shape index (κ2) is 55.1. The van der Waals surface area contributed by atoms with Crippen LogP contribution >= 0.6 is 0 Å². The van der Waals surface area contributed by atoms with Crippen molar-refractivity contribution in [2.75, 3.05) is 13.2 Å². The van der Waals surface area contributed by atoms with E-state index in [1.165, 1.54) is 96.3 Å². The van der Waals surface area contributed by atoms with Crippen LogP contribution in [-0.4, -0.2) is 37.2 Å². The minimum Gasteiger partial charge on any atom is -0.462 e. The van der Waals surface area contributed by atoms with Crippen LogP contribution in [0.2, 0.25) is 0 Å². The third-order valence-corrected chi connectivity index (χ3v) is 11.0. The van der Waals surface area contributed by atoms with Crippen LogP contribution in [0.25, 0.3) is 0 Å². The fourth-order valence-electron chi connectivity index (χ4n) is 7.03. The van der Waals surface area contributed by atoms with Gasteiger partial charge in [-0.3, -0.25) is 14.4 Å². The van der Waals surface area contributed by atoms with Gasteiger partial charge in [-0.1, -0.05) is 264 Å². The summed E-state index contributed by atoms with van der Waals surface area (Å²) in [6.07, 6.45) is 77.5. The predicted octanol–water partition coefficient (Wildman–Crippen LogP) is 18.3. The molecule has 0 aliphatic rings. The van der Waals surface area contributed by atoms with Crippen molar-refractivity contribution in [1.82, 2.24) is 0 Å². The van der Waals surface area contributed by atoms with Crippen LogP contribution < -0.4 is 0 Å². The zero-order valence-electron chi connectivity index (χ0n) is 43.6. The molecule has 0 saturated heterocycles. The average molecular weight is 939 g/mol. The van der Waals surface area contributed by atoms with E-state index in [2.05, 4.69) is 87.6 Å². The minimum absolute atomic E-state index is 0.141. The van der Waals surface area contributed by atoms with Gasteiger partial charge in [-0.15, -0.1) is 0 Å². The second-order valence-corrected chi connectivity index (χ2v) is 17.5. The summed E-state index contributed by atoms with van der Waals surface area (Å²) in [5.41, 5.74) is 0. The molecule has 0 bridgehead atoms. The van der Waals surface area contributed by atoms with E-state index in [1.807, 2.05) is 66.8 Å². The Morgan fingerprint density at radius 1 is 0.324 bits per heavy atom. The molecule has 0 aliphatic carbocycles. The van der Waals surface area contributed by atoms with Crippen molar-refractivity contribution in [3.8, 4) is 0 Å². The first kappa shape index (κ1) is 63.6. The molecule has 6 heteroatoms. The van der Waals surface area contributed by atoms with Crippen LogP contribution in [0.5, 0.6) is 0 Å². The Morgan fingerprint density at radius 3 is 1.12 bits per heavy atom. The Morgan fingerprint density at radius 2 is 0.676 bits per heavy atom. The van der Waals surface area contributed by atoms with Crippen LogP contribution in [0.4, 0.5) is 0 Å². The van der Waals surface area contributed by atoms with Crippen LogP contribution in [0.3, 0.4) is 0 Å². The van der Waals surface area contributed by atoms with Crippen LogP contribution in [0, 0.1) is 0 Å². The maximum Gasteiger partial charge on any atom is 0.306 e. The smallest absolute Gasteiger partial charge is 0.306 e. The molecule has 0 heterocycles. The lowest BCUT2D eigenvalue weighted by Crippen LogP contribution is -2.30. The Kier molecular flexibility index (Phi) is 51.5. The highest BCUT2D eigenvalue weighted by atomic mass is 16.6. The van der Waals surface area contributed by atoms with E-state index in [-0.39, 0.29) is 44.0 Å². The van der Waals surface area contributed by atoms with E-state index in [9.17, 15) is 14.4 Å². The molecule has 6 nitrogen and oxygen atoms in total. The maximum absolute atomic E-state index is 12.8. The van der Waals surface area contributed by atoms with Gasteiger partial charge in [0.15, 0.2) is 6.10 Å². The largest absolute Gasteiger partial charge is 0.462 e. The van der Waals surface area contributed by atoms with Crippen molar-refractivity contribution in [2.45, 2.75) is 226 Å². The highest BCUT2D eigenvalue weighted by molar-refractivity contribution is 5.71. The molecule has 0 fully saturated rings. The third kappa shape index (κ3) is 52.5. The number of carbonyl (C=O) groups excluding carboxylic acids is 3. The number of allylic oxidation sites excluding steroid dienone is 22. The van der Waals surface area contributed by atoms with Crippen molar-refractivity contribution >= 4 is 17.9 Å². The number of unbranched alkanes of at least 4 members (excludes halogenated alkanes) is 18. The lowest BCUT2D eigenvalue weighted by atomic mass is 10.0. The fraction of sp³-hybridized carbons (Fsp3) is 0.597. The van der Waals surface area contributed by atoms with E-state index in [1.54, 1.807) is 0 Å². The number of hydrogen-bond donors (Lipinski definition) is 0. The summed E-state index contributed by atoms with van der Waals surface area (Å²) in [6.45, 7) is 6.25. The Labute approximate surface area is 417 Å². The van der Waals surface area contributed by atoms with Crippen molar-refractivity contribution in [3.05, 3.63) is 134 Å². The molecule has 0 saturated carbocycles. The number of rotatable bonds is 47. The molecule has 1 unspecified atom stereocenters. The van der Waals surface area contributed by atoms with Gasteiger partial charge in [-0.05, 0) is 70.6 Å². The van der Waals surface area contributed by atoms with Crippen LogP contribution in [0.15, 0.2) is 134 Å². The first-order valence-electron chi connectivity index (χ1n) is 27.3. The molecule has 1 atom stereocenters. The van der Waals surface area contributed by atoms with E-state index < -0.39 is 6.10 Å². The summed E-state index contributed by atoms with van der Waals surface area (Å²) in [7, 11) is 0. The highest BCUT2D eigenvalue weighted by Crippen LogP contribution is 2.15. The van der Waals surface area contributed by atoms with E-state index >= 15 is 0 Å². The molecule has 0 rings (SSSR count). The minimum atomic E-state index is -0.840. The monoisotopic (exact) mass is 939 g/mol. The van der Waals surface area contributed by atoms with Crippen molar-refractivity contribution in [3.63, 3.8) is 0 Å². The molecule has 0 radical (unpaired) electrons. The summed E-state index contributed by atoms with van der Waals surface area (Å²) in [4.78, 5) is 38.0. The van der Waals surface area contributed by atoms with Crippen molar-refractivity contribution < 1.29 is 28.6 Å². The summed E-state index contributed by atoms with van der Waals surface area (Å²) in [5, 5.41) is 0. The Hall–Kier alpha value is -4.45. The van der Waals surface area contributed by atoms with Crippen molar-refractivity contribution in [1.29, 1.82) is 0 Å². The quantitative estimate of drug-likeness (QED) is 0.0199. The standard InChI is InChI=1S/C62H98O6/c1-4-7-10-13-16-19-22-25-27-29-31-33-34-37-40-43-46-49-52-55-61(64)67-58-59(57-66-60(63)54-51-48-45-42-39-36-24-21-18-15-12-9-6-3)68-62(65)56-53-50-47-44-41-38-35-32-30-28-26-23-20-17-14-11-8-5-2/h7,9-10,12,15-16,18-19,21,24-25,27,31,33,36-37,39-40,42,45-46,49,59H,4-6,8,11,13-14,17,20,22-23,26,28-30,32,34-35,38,41,43-44,47-48,50-58H2,1-3H3/b10-7+,12-9+,18-15+,19-16+,24-21+,27-25+,33-31+,39-36+,40-37+,45-42+,49-46+. The Balaban J connectivity index is 4.57. The molecule has 0 aromatic heterocycles. The molecule has 0 spiro atoms. The van der Waals surface area contributed by atoms with Gasteiger partial charge in [0.1, 0.15) is 13.2 Å². The Bertz CT molecular complexity index is 1500. The van der Waals surface area contributed by atoms with E-state index in [4.69, 9.17) is 14.2 Å². The number of ether oxygens (including phenoxy) is 3. The molecule has 0 aromatic carbocycles. The molecule has 0 aromatic rings. The summed E-state index contributed by atoms with van der Waals surface area (Å²) < 4.78 is 16.7. The number of carbonyl (C=O) groups is 3. The maximum atomic E-state index is 12.8. The fourth-order valence-corrected chi connectivity index (χ4v) is 7.03. The molecule has 68 heavy (non-hydrogen) atoms. The van der Waals surface area contributed by atoms with Gasteiger partial charge in [-0.2, -0.15) is 0 Å². The van der Waals surface area contributed by atoms with Crippen LogP contribution in [0.1, 0.15) is 220 Å². The van der Waals surface area contributed by atoms with E-state index in [0.717, 1.165) is 70.6 Å². The summed E-state index contributed by atoms with van der Waals surface area (Å²) in [5.74, 6) is -1.10. The number of esters is 3. The second-order valence-electron chi connectivity index (χ2n) is 17.5. The first-order chi connectivity index (χ1) is 33.5. The normalized spacial score (nSPS) is 13.2. The van der Waals surface area contributed by atoms with E-state index in [0.29, 0.717) is 19.3 Å². The molecule has 0 amide bonds. The SMILES string of the molecule is CC/C=C/C=C/C=C/C=C/C=C/CCCC(=O)OCC(COC(=O)CC/C=C/C/C=C/C/C=C/C/C=C/C/C=C/C/C=C/CC)OC(=O)CCCCCCCCCCCCCCCCCCCC. The molecular formula is C62H98O6. The third-order valence-electron chi connectivity index (χ3n) is 11.0. The van der Waals surface area contributed by atoms with Gasteiger partial charge in [-0.25, -0.2) is 0 Å². The average Bonchev–Trinajstić information content (AvgIpc) is 3.34. The number of hydrogen-bond acceptors (Lipinski definition) is 6. The van der Waals surface area contributed by atoms with Crippen molar-refractivity contribution in [2.24, 2.45) is 0 Å². The van der Waals surface area contributed by atoms with Gasteiger partial charge in [0.05, 0.1) is 0 Å². The topological polar surface area (TPSA) is 78.9 Å². The zero-order chi connectivity index (χ0) is 49.3. The van der Waals surface area contributed by atoms with Gasteiger partial charge in [0.2, 0.25) is 0 Å². The van der Waals surface area contributed by atoms with Gasteiger partial charge >= 0.3 is 17.9 Å². The first-order valence-corrected chi connectivity index (χ1v) is 27.3. The highest BCUT2D eigenvalue weighted by Gasteiger charge is 2.19.